The lowest BCUT2D eigenvalue weighted by Gasteiger charge is -2.33. The number of carbonyl (C=O) groups is 2. The average molecular weight is 353 g/mol. The van der Waals surface area contributed by atoms with Gasteiger partial charge in [0, 0.05) is 13.6 Å². The number of likely N-dealkylation sites (N-methyl/N-ethyl adjacent to an activating group) is 1. The number of aliphatic imine (C=N–C) groups is 1. The monoisotopic (exact) mass is 352 g/mol. The number of amidine groups is 1. The Bertz CT molecular complexity index is 739. The maximum absolute atomic E-state index is 13.0. The van der Waals surface area contributed by atoms with E-state index in [1.807, 2.05) is 29.9 Å². The van der Waals surface area contributed by atoms with E-state index in [1.54, 1.807) is 7.05 Å². The van der Waals surface area contributed by atoms with Crippen molar-refractivity contribution in [1.29, 1.82) is 0 Å². The number of fused-ring (bicyclic) bond motifs is 3. The second-order valence-electron chi connectivity index (χ2n) is 6.24. The molecule has 7 nitrogen and oxygen atoms in total. The molecular weight excluding hydrogens is 330 g/mol. The lowest BCUT2D eigenvalue weighted by molar-refractivity contribution is -0.684. The van der Waals surface area contributed by atoms with Crippen molar-refractivity contribution in [3.63, 3.8) is 0 Å². The van der Waals surface area contributed by atoms with Crippen LogP contribution >= 0.6 is 11.6 Å². The predicted molar refractivity (Wildman–Crippen MR) is 90.7 cm³/mol. The van der Waals surface area contributed by atoms with E-state index in [4.69, 9.17) is 11.6 Å². The van der Waals surface area contributed by atoms with E-state index in [2.05, 4.69) is 4.99 Å². The van der Waals surface area contributed by atoms with E-state index in [0.29, 0.717) is 30.8 Å². The molecule has 130 valence electrons. The number of carbonyl (C=O) groups excluding carboxylic acids is 2. The molecule has 0 N–H and O–H groups in total. The number of imidazole rings is 1. The standard InChI is InChI=1S/C16H23ClN5O2/c1-5-6-8-21-14(23)12-13(19(4)16(21)24)18-15-20(9-7-17)10(2)11(3)22(12)15/h12H,5-9H2,1-4H3/q+1. The minimum absolute atomic E-state index is 0.194. The second-order valence-corrected chi connectivity index (χ2v) is 6.62. The van der Waals surface area contributed by atoms with Gasteiger partial charge in [0.15, 0.2) is 0 Å². The normalized spacial score (nSPS) is 19.7. The molecule has 0 aromatic carbocycles. The van der Waals surface area contributed by atoms with Gasteiger partial charge in [0.2, 0.25) is 11.9 Å². The van der Waals surface area contributed by atoms with Crippen molar-refractivity contribution in [2.45, 2.75) is 46.2 Å². The fourth-order valence-corrected chi connectivity index (χ4v) is 3.55. The molecule has 1 unspecified atom stereocenters. The Hall–Kier alpha value is -1.89. The molecule has 0 aliphatic carbocycles. The van der Waals surface area contributed by atoms with Crippen LogP contribution in [0.4, 0.5) is 10.7 Å². The molecule has 2 aliphatic rings. The SMILES string of the molecule is CCCCN1C(=O)C2C(=Nc3n2c(C)c(C)[n+]3CCCl)N(C)C1=O. The van der Waals surface area contributed by atoms with Crippen LogP contribution < -0.4 is 4.57 Å². The third-order valence-corrected chi connectivity index (χ3v) is 5.04. The smallest absolute Gasteiger partial charge is 0.270 e. The Morgan fingerprint density at radius 3 is 2.62 bits per heavy atom. The van der Waals surface area contributed by atoms with Gasteiger partial charge < -0.3 is 0 Å². The summed E-state index contributed by atoms with van der Waals surface area (Å²) < 4.78 is 3.94. The molecule has 1 fully saturated rings. The number of aromatic nitrogens is 2. The maximum Gasteiger partial charge on any atom is 0.402 e. The topological polar surface area (TPSA) is 61.8 Å². The zero-order valence-electron chi connectivity index (χ0n) is 14.5. The number of nitrogens with zero attached hydrogens (tertiary/aromatic N) is 5. The summed E-state index contributed by atoms with van der Waals surface area (Å²) in [5.74, 6) is 1.46. The molecule has 3 rings (SSSR count). The first-order valence-electron chi connectivity index (χ1n) is 8.28. The molecule has 2 aliphatic heterocycles. The van der Waals surface area contributed by atoms with Crippen molar-refractivity contribution in [2.24, 2.45) is 4.99 Å². The summed E-state index contributed by atoms with van der Waals surface area (Å²) in [5, 5.41) is 0. The van der Waals surface area contributed by atoms with Gasteiger partial charge in [-0.05, 0) is 20.3 Å². The van der Waals surface area contributed by atoms with Crippen molar-refractivity contribution < 1.29 is 14.2 Å². The Balaban J connectivity index is 2.08. The molecule has 0 radical (unpaired) electrons. The van der Waals surface area contributed by atoms with E-state index in [-0.39, 0.29) is 11.9 Å². The minimum Gasteiger partial charge on any atom is -0.270 e. The Labute approximate surface area is 146 Å². The van der Waals surface area contributed by atoms with Crippen molar-refractivity contribution in [3.05, 3.63) is 11.4 Å². The van der Waals surface area contributed by atoms with Gasteiger partial charge in [0.25, 0.3) is 5.91 Å². The van der Waals surface area contributed by atoms with E-state index < -0.39 is 6.04 Å². The van der Waals surface area contributed by atoms with Gasteiger partial charge in [-0.2, -0.15) is 0 Å². The highest BCUT2D eigenvalue weighted by Gasteiger charge is 2.53. The lowest BCUT2D eigenvalue weighted by Crippen LogP contribution is -2.57. The van der Waals surface area contributed by atoms with Crippen molar-refractivity contribution in [3.8, 4) is 0 Å². The van der Waals surface area contributed by atoms with Gasteiger partial charge in [-0.3, -0.25) is 14.6 Å². The fourth-order valence-electron chi connectivity index (χ4n) is 3.38. The average Bonchev–Trinajstić information content (AvgIpc) is 3.05. The first-order valence-corrected chi connectivity index (χ1v) is 8.82. The van der Waals surface area contributed by atoms with Gasteiger partial charge >= 0.3 is 12.0 Å². The van der Waals surface area contributed by atoms with Gasteiger partial charge in [-0.15, -0.1) is 11.6 Å². The van der Waals surface area contributed by atoms with Crippen LogP contribution in [0.25, 0.3) is 0 Å². The van der Waals surface area contributed by atoms with E-state index in [0.717, 1.165) is 24.2 Å². The zero-order chi connectivity index (χ0) is 17.6. The molecule has 3 heterocycles. The summed E-state index contributed by atoms with van der Waals surface area (Å²) >= 11 is 5.91. The summed E-state index contributed by atoms with van der Waals surface area (Å²) in [6.45, 7) is 7.07. The van der Waals surface area contributed by atoms with E-state index in [9.17, 15) is 9.59 Å². The van der Waals surface area contributed by atoms with Gasteiger partial charge in [-0.1, -0.05) is 18.3 Å². The molecule has 1 aromatic rings. The molecule has 0 bridgehead atoms. The molecule has 0 spiro atoms. The van der Waals surface area contributed by atoms with Crippen LogP contribution in [0.1, 0.15) is 37.2 Å². The van der Waals surface area contributed by atoms with Crippen LogP contribution in [0, 0.1) is 13.8 Å². The number of amides is 3. The number of urea groups is 1. The van der Waals surface area contributed by atoms with Crippen LogP contribution in [0.3, 0.4) is 0 Å². The quantitative estimate of drug-likeness (QED) is 0.600. The van der Waals surface area contributed by atoms with Crippen LogP contribution in [0.2, 0.25) is 0 Å². The second kappa shape index (κ2) is 6.20. The van der Waals surface area contributed by atoms with Gasteiger partial charge in [0.1, 0.15) is 11.4 Å². The van der Waals surface area contributed by atoms with Gasteiger partial charge in [-0.25, -0.2) is 13.9 Å². The Morgan fingerprint density at radius 1 is 1.29 bits per heavy atom. The highest BCUT2D eigenvalue weighted by Crippen LogP contribution is 2.35. The first kappa shape index (κ1) is 17.0. The predicted octanol–water partition coefficient (Wildman–Crippen LogP) is 1.91. The minimum atomic E-state index is -0.560. The van der Waals surface area contributed by atoms with E-state index in [1.165, 1.54) is 9.80 Å². The highest BCUT2D eigenvalue weighted by atomic mass is 35.5. The van der Waals surface area contributed by atoms with Crippen LogP contribution in [-0.2, 0) is 11.3 Å². The number of unbranched alkanes of at least 4 members (excludes halogenated alkanes) is 1. The number of halogens is 1. The number of imide groups is 1. The number of alkyl halides is 1. The molecular formula is C16H23ClN5O2+. The lowest BCUT2D eigenvalue weighted by atomic mass is 10.1. The summed E-state index contributed by atoms with van der Waals surface area (Å²) in [6, 6.07) is -0.859. The highest BCUT2D eigenvalue weighted by molar-refractivity contribution is 6.20. The molecule has 8 heteroatoms. The molecule has 3 amide bonds. The van der Waals surface area contributed by atoms with Crippen molar-refractivity contribution in [2.75, 3.05) is 19.5 Å². The molecule has 1 saturated heterocycles. The summed E-state index contributed by atoms with van der Waals surface area (Å²) in [5.41, 5.74) is 2.02. The van der Waals surface area contributed by atoms with Crippen LogP contribution in [-0.4, -0.2) is 51.6 Å². The Kier molecular flexibility index (Phi) is 4.38. The van der Waals surface area contributed by atoms with E-state index >= 15 is 0 Å². The maximum atomic E-state index is 13.0. The molecule has 24 heavy (non-hydrogen) atoms. The summed E-state index contributed by atoms with van der Waals surface area (Å²) in [7, 11) is 1.68. The fraction of sp³-hybridized carbons (Fsp3) is 0.625. The Morgan fingerprint density at radius 2 is 2.00 bits per heavy atom. The largest absolute Gasteiger partial charge is 0.402 e. The number of hydrogen-bond donors (Lipinski definition) is 0. The third-order valence-electron chi connectivity index (χ3n) is 4.87. The van der Waals surface area contributed by atoms with Crippen molar-refractivity contribution in [1.82, 2.24) is 14.4 Å². The number of rotatable bonds is 5. The summed E-state index contributed by atoms with van der Waals surface area (Å²) in [6.07, 6.45) is 1.72. The molecule has 1 atom stereocenters. The zero-order valence-corrected chi connectivity index (χ0v) is 15.3. The summed E-state index contributed by atoms with van der Waals surface area (Å²) in [4.78, 5) is 33.0. The molecule has 1 aromatic heterocycles. The number of hydrogen-bond acceptors (Lipinski definition) is 3. The molecule has 0 saturated carbocycles. The van der Waals surface area contributed by atoms with Crippen LogP contribution in [0.5, 0.6) is 0 Å². The van der Waals surface area contributed by atoms with Crippen molar-refractivity contribution >= 4 is 35.3 Å². The van der Waals surface area contributed by atoms with Crippen LogP contribution in [0.15, 0.2) is 4.99 Å². The first-order chi connectivity index (χ1) is 11.4. The van der Waals surface area contributed by atoms with Gasteiger partial charge in [0.05, 0.1) is 12.4 Å². The third kappa shape index (κ3) is 2.25.